The van der Waals surface area contributed by atoms with Crippen molar-refractivity contribution in [3.63, 3.8) is 0 Å². The van der Waals surface area contributed by atoms with Crippen molar-refractivity contribution in [2.45, 2.75) is 45.1 Å². The summed E-state index contributed by atoms with van der Waals surface area (Å²) in [6.45, 7) is 5.16. The lowest BCUT2D eigenvalue weighted by molar-refractivity contribution is 0.0718. The van der Waals surface area contributed by atoms with Crippen LogP contribution in [0.1, 0.15) is 59.9 Å². The van der Waals surface area contributed by atoms with E-state index in [2.05, 4.69) is 26.3 Å². The number of nitriles is 1. The van der Waals surface area contributed by atoms with Gasteiger partial charge in [-0.15, -0.1) is 5.10 Å². The lowest BCUT2D eigenvalue weighted by Crippen LogP contribution is -2.36. The number of pyridine rings is 1. The van der Waals surface area contributed by atoms with Crippen LogP contribution >= 0.6 is 0 Å². The molecule has 0 spiro atoms. The Morgan fingerprint density at radius 2 is 1.89 bits per heavy atom. The normalized spacial score (nSPS) is 18.1. The number of aryl methyl sites for hydroxylation is 1. The van der Waals surface area contributed by atoms with Crippen molar-refractivity contribution in [3.05, 3.63) is 35.3 Å². The van der Waals surface area contributed by atoms with Crippen LogP contribution in [-0.2, 0) is 0 Å². The molecule has 4 heterocycles. The van der Waals surface area contributed by atoms with E-state index in [0.717, 1.165) is 63.4 Å². The number of anilines is 1. The number of nitrogens with zero attached hydrogens (tertiary/aromatic N) is 7. The van der Waals surface area contributed by atoms with Crippen molar-refractivity contribution in [1.82, 2.24) is 24.9 Å². The molecule has 2 aliphatic rings. The van der Waals surface area contributed by atoms with Crippen LogP contribution in [0.5, 0.6) is 0 Å². The lowest BCUT2D eigenvalue weighted by Gasteiger charge is -2.33. The minimum Gasteiger partial charge on any atom is -0.355 e. The minimum absolute atomic E-state index is 0.00833. The number of carbonyl (C=O) groups excluding carboxylic acids is 1. The summed E-state index contributed by atoms with van der Waals surface area (Å²) in [7, 11) is 0. The average Bonchev–Trinajstić information content (AvgIpc) is 3.24. The van der Waals surface area contributed by atoms with Gasteiger partial charge in [0, 0.05) is 31.9 Å². The zero-order valence-electron chi connectivity index (χ0n) is 16.2. The maximum Gasteiger partial charge on any atom is 0.276 e. The Bertz CT molecular complexity index is 886. The van der Waals surface area contributed by atoms with Gasteiger partial charge in [0.1, 0.15) is 11.9 Å². The van der Waals surface area contributed by atoms with E-state index in [4.69, 9.17) is 0 Å². The predicted molar refractivity (Wildman–Crippen MR) is 104 cm³/mol. The molecular formula is C20H25N7O. The number of rotatable bonds is 3. The summed E-state index contributed by atoms with van der Waals surface area (Å²) >= 11 is 0. The fourth-order valence-electron chi connectivity index (χ4n) is 4.03. The second-order valence-electron chi connectivity index (χ2n) is 7.59. The largest absolute Gasteiger partial charge is 0.355 e. The van der Waals surface area contributed by atoms with E-state index in [1.54, 1.807) is 6.20 Å². The van der Waals surface area contributed by atoms with Crippen molar-refractivity contribution in [2.24, 2.45) is 0 Å². The van der Waals surface area contributed by atoms with Gasteiger partial charge in [-0.2, -0.15) is 5.26 Å². The van der Waals surface area contributed by atoms with Crippen LogP contribution in [-0.4, -0.2) is 57.0 Å². The molecule has 0 bridgehead atoms. The first kappa shape index (κ1) is 18.4. The molecule has 2 aromatic rings. The van der Waals surface area contributed by atoms with Crippen LogP contribution in [0.2, 0.25) is 0 Å². The highest BCUT2D eigenvalue weighted by atomic mass is 16.2. The summed E-state index contributed by atoms with van der Waals surface area (Å²) in [6, 6.07) is 6.15. The topological polar surface area (TPSA) is 90.9 Å². The lowest BCUT2D eigenvalue weighted by atomic mass is 10.0. The molecule has 2 fully saturated rings. The highest BCUT2D eigenvalue weighted by Gasteiger charge is 2.26. The number of carbonyl (C=O) groups is 1. The molecule has 0 N–H and O–H groups in total. The molecule has 0 atom stereocenters. The molecule has 8 heteroatoms. The number of hydrogen-bond donors (Lipinski definition) is 0. The molecule has 8 nitrogen and oxygen atoms in total. The molecule has 2 saturated heterocycles. The van der Waals surface area contributed by atoms with Crippen LogP contribution in [0, 0.1) is 18.3 Å². The zero-order chi connectivity index (χ0) is 19.5. The van der Waals surface area contributed by atoms with Crippen LogP contribution in [0.3, 0.4) is 0 Å². The summed E-state index contributed by atoms with van der Waals surface area (Å²) in [6.07, 6.45) is 6.87. The van der Waals surface area contributed by atoms with Crippen molar-refractivity contribution in [1.29, 1.82) is 5.26 Å². The van der Waals surface area contributed by atoms with Gasteiger partial charge in [-0.25, -0.2) is 9.67 Å². The molecule has 0 radical (unpaired) electrons. The number of likely N-dealkylation sites (tertiary alicyclic amines) is 1. The van der Waals surface area contributed by atoms with E-state index in [9.17, 15) is 10.1 Å². The van der Waals surface area contributed by atoms with Gasteiger partial charge in [0.15, 0.2) is 5.69 Å². The highest BCUT2D eigenvalue weighted by Crippen LogP contribution is 2.27. The molecule has 0 aromatic carbocycles. The van der Waals surface area contributed by atoms with Crippen LogP contribution < -0.4 is 4.90 Å². The Labute approximate surface area is 164 Å². The molecule has 2 aromatic heterocycles. The molecule has 0 saturated carbocycles. The third-order valence-electron chi connectivity index (χ3n) is 5.65. The third kappa shape index (κ3) is 3.70. The van der Waals surface area contributed by atoms with Gasteiger partial charge >= 0.3 is 0 Å². The van der Waals surface area contributed by atoms with E-state index in [1.807, 2.05) is 28.6 Å². The second-order valence-corrected chi connectivity index (χ2v) is 7.59. The Morgan fingerprint density at radius 3 is 2.61 bits per heavy atom. The van der Waals surface area contributed by atoms with Crippen LogP contribution in [0.15, 0.2) is 18.3 Å². The predicted octanol–water partition coefficient (Wildman–Crippen LogP) is 2.32. The van der Waals surface area contributed by atoms with Gasteiger partial charge in [-0.1, -0.05) is 5.21 Å². The highest BCUT2D eigenvalue weighted by molar-refractivity contribution is 5.92. The van der Waals surface area contributed by atoms with E-state index in [0.29, 0.717) is 11.3 Å². The molecule has 4 rings (SSSR count). The molecule has 0 aliphatic carbocycles. The maximum atomic E-state index is 12.6. The Balaban J connectivity index is 1.41. The molecule has 1 amide bonds. The zero-order valence-corrected chi connectivity index (χ0v) is 16.2. The number of hydrogen-bond acceptors (Lipinski definition) is 6. The van der Waals surface area contributed by atoms with Crippen molar-refractivity contribution in [3.8, 4) is 6.07 Å². The molecule has 2 aliphatic heterocycles. The quantitative estimate of drug-likeness (QED) is 0.813. The van der Waals surface area contributed by atoms with E-state index >= 15 is 0 Å². The van der Waals surface area contributed by atoms with Crippen LogP contribution in [0.4, 0.5) is 5.82 Å². The summed E-state index contributed by atoms with van der Waals surface area (Å²) in [5, 5.41) is 17.7. The number of aromatic nitrogens is 4. The molecule has 146 valence electrons. The molecular weight excluding hydrogens is 354 g/mol. The molecule has 0 unspecified atom stereocenters. The van der Waals surface area contributed by atoms with Crippen LogP contribution in [0.25, 0.3) is 0 Å². The smallest absolute Gasteiger partial charge is 0.276 e. The first-order chi connectivity index (χ1) is 13.7. The SMILES string of the molecule is Cc1ccc(C#N)c(N2CCC(n3cc(C(=O)N4CCCCC4)nn3)CC2)n1. The van der Waals surface area contributed by atoms with Gasteiger partial charge in [-0.3, -0.25) is 4.79 Å². The summed E-state index contributed by atoms with van der Waals surface area (Å²) < 4.78 is 1.84. The number of piperidine rings is 2. The van der Waals surface area contributed by atoms with E-state index in [1.165, 1.54) is 6.42 Å². The molecule has 28 heavy (non-hydrogen) atoms. The first-order valence-corrected chi connectivity index (χ1v) is 9.99. The van der Waals surface area contributed by atoms with Gasteiger partial charge in [0.25, 0.3) is 5.91 Å². The summed E-state index contributed by atoms with van der Waals surface area (Å²) in [4.78, 5) is 21.2. The average molecular weight is 379 g/mol. The van der Waals surface area contributed by atoms with Gasteiger partial charge in [0.05, 0.1) is 17.8 Å². The fourth-order valence-corrected chi connectivity index (χ4v) is 4.03. The Hall–Kier alpha value is -2.95. The third-order valence-corrected chi connectivity index (χ3v) is 5.65. The summed E-state index contributed by atoms with van der Waals surface area (Å²) in [5.41, 5.74) is 1.96. The van der Waals surface area contributed by atoms with Gasteiger partial charge in [0.2, 0.25) is 0 Å². The van der Waals surface area contributed by atoms with Crippen molar-refractivity contribution in [2.75, 3.05) is 31.1 Å². The number of amides is 1. The summed E-state index contributed by atoms with van der Waals surface area (Å²) in [5.74, 6) is 0.756. The van der Waals surface area contributed by atoms with Gasteiger partial charge < -0.3 is 9.80 Å². The van der Waals surface area contributed by atoms with Gasteiger partial charge in [-0.05, 0) is 51.2 Å². The standard InChI is InChI=1S/C20H25N7O/c1-15-5-6-16(13-21)19(22-15)25-11-7-17(8-12-25)27-14-18(23-24-27)20(28)26-9-3-2-4-10-26/h5-6,14,17H,2-4,7-12H2,1H3. The fraction of sp³-hybridized carbons (Fsp3) is 0.550. The van der Waals surface area contributed by atoms with Crippen molar-refractivity contribution < 1.29 is 4.79 Å². The second kappa shape index (κ2) is 7.97. The Kier molecular flexibility index (Phi) is 5.24. The minimum atomic E-state index is -0.00833. The first-order valence-electron chi connectivity index (χ1n) is 9.99. The van der Waals surface area contributed by atoms with Crippen molar-refractivity contribution >= 4 is 11.7 Å². The Morgan fingerprint density at radius 1 is 1.14 bits per heavy atom. The van der Waals surface area contributed by atoms with E-state index < -0.39 is 0 Å². The maximum absolute atomic E-state index is 12.6. The monoisotopic (exact) mass is 379 g/mol. The van der Waals surface area contributed by atoms with E-state index in [-0.39, 0.29) is 11.9 Å².